The molecule has 1 aliphatic rings. The molecule has 1 fully saturated rings. The third-order valence-corrected chi connectivity index (χ3v) is 4.54. The Morgan fingerprint density at radius 2 is 1.92 bits per heavy atom. The molecule has 2 aromatic rings. The van der Waals surface area contributed by atoms with Gasteiger partial charge in [-0.15, -0.1) is 0 Å². The van der Waals surface area contributed by atoms with E-state index in [0.29, 0.717) is 24.7 Å². The van der Waals surface area contributed by atoms with Gasteiger partial charge in [0, 0.05) is 6.61 Å². The van der Waals surface area contributed by atoms with Crippen molar-refractivity contribution in [3.63, 3.8) is 0 Å². The van der Waals surface area contributed by atoms with Crippen molar-refractivity contribution in [2.45, 2.75) is 38.2 Å². The van der Waals surface area contributed by atoms with Crippen LogP contribution in [0.2, 0.25) is 0 Å². The second-order valence-electron chi connectivity index (χ2n) is 6.57. The van der Waals surface area contributed by atoms with Gasteiger partial charge < -0.3 is 14.8 Å². The number of rotatable bonds is 7. The Labute approximate surface area is 149 Å². The lowest BCUT2D eigenvalue weighted by Crippen LogP contribution is -2.39. The number of nitrogens with one attached hydrogen (secondary N) is 1. The maximum atomic E-state index is 12.5. The van der Waals surface area contributed by atoms with Gasteiger partial charge in [0.05, 0.1) is 12.3 Å². The van der Waals surface area contributed by atoms with E-state index in [9.17, 15) is 4.79 Å². The molecule has 1 amide bonds. The molecule has 1 saturated heterocycles. The molecule has 0 spiro atoms. The summed E-state index contributed by atoms with van der Waals surface area (Å²) >= 11 is 0. The number of aryl methyl sites for hydroxylation is 1. The lowest BCUT2D eigenvalue weighted by Gasteiger charge is -2.22. The first-order valence-electron chi connectivity index (χ1n) is 8.88. The van der Waals surface area contributed by atoms with Crippen LogP contribution in [0.4, 0.5) is 5.69 Å². The minimum atomic E-state index is -0.736. The average molecular weight is 339 g/mol. The first-order valence-corrected chi connectivity index (χ1v) is 8.88. The molecule has 1 atom stereocenters. The van der Waals surface area contributed by atoms with E-state index < -0.39 is 5.60 Å². The van der Waals surface area contributed by atoms with E-state index in [1.54, 1.807) is 0 Å². The number of carbonyl (C=O) groups excluding carboxylic acids is 1. The molecule has 1 unspecified atom stereocenters. The molecular formula is C21H25NO3. The normalized spacial score (nSPS) is 19.6. The molecule has 0 aromatic heterocycles. The Kier molecular flexibility index (Phi) is 5.71. The Morgan fingerprint density at radius 3 is 2.68 bits per heavy atom. The largest absolute Gasteiger partial charge is 0.491 e. The van der Waals surface area contributed by atoms with Gasteiger partial charge in [0.25, 0.3) is 5.91 Å². The van der Waals surface area contributed by atoms with Crippen molar-refractivity contribution in [1.29, 1.82) is 0 Å². The van der Waals surface area contributed by atoms with Crippen molar-refractivity contribution in [2.75, 3.05) is 18.5 Å². The third kappa shape index (κ3) is 4.60. The number of hydrogen-bond acceptors (Lipinski definition) is 3. The molecule has 4 nitrogen and oxygen atoms in total. The smallest absolute Gasteiger partial charge is 0.256 e. The molecule has 0 radical (unpaired) electrons. The van der Waals surface area contributed by atoms with Gasteiger partial charge in [-0.1, -0.05) is 42.5 Å². The highest BCUT2D eigenvalue weighted by molar-refractivity contribution is 5.98. The minimum absolute atomic E-state index is 0.106. The van der Waals surface area contributed by atoms with Crippen molar-refractivity contribution in [2.24, 2.45) is 0 Å². The minimum Gasteiger partial charge on any atom is -0.491 e. The molecule has 1 N–H and O–H groups in total. The number of anilines is 1. The van der Waals surface area contributed by atoms with Crippen LogP contribution in [0.3, 0.4) is 0 Å². The highest BCUT2D eigenvalue weighted by atomic mass is 16.5. The zero-order valence-electron chi connectivity index (χ0n) is 14.7. The maximum absolute atomic E-state index is 12.5. The molecule has 1 heterocycles. The SMILES string of the molecule is CC1(C(=O)Nc2ccccc2OCCCc2ccccc2)CCCO1. The van der Waals surface area contributed by atoms with Gasteiger partial charge in [-0.25, -0.2) is 0 Å². The Morgan fingerprint density at radius 1 is 1.16 bits per heavy atom. The lowest BCUT2D eigenvalue weighted by molar-refractivity contribution is -0.133. The summed E-state index contributed by atoms with van der Waals surface area (Å²) in [4.78, 5) is 12.5. The number of para-hydroxylation sites is 2. The van der Waals surface area contributed by atoms with Crippen LogP contribution >= 0.6 is 0 Å². The first-order chi connectivity index (χ1) is 12.2. The van der Waals surface area contributed by atoms with E-state index in [-0.39, 0.29) is 5.91 Å². The quantitative estimate of drug-likeness (QED) is 0.769. The molecule has 0 saturated carbocycles. The summed E-state index contributed by atoms with van der Waals surface area (Å²) in [6.07, 6.45) is 3.56. The molecule has 25 heavy (non-hydrogen) atoms. The first kappa shape index (κ1) is 17.5. The molecule has 132 valence electrons. The van der Waals surface area contributed by atoms with Crippen LogP contribution in [-0.4, -0.2) is 24.7 Å². The number of hydrogen-bond donors (Lipinski definition) is 1. The fourth-order valence-corrected chi connectivity index (χ4v) is 3.01. The van der Waals surface area contributed by atoms with Gasteiger partial charge in [-0.3, -0.25) is 4.79 Å². The summed E-state index contributed by atoms with van der Waals surface area (Å²) in [6.45, 7) is 3.09. The van der Waals surface area contributed by atoms with E-state index in [4.69, 9.17) is 9.47 Å². The molecule has 4 heteroatoms. The molecular weight excluding hydrogens is 314 g/mol. The van der Waals surface area contributed by atoms with Gasteiger partial charge in [0.15, 0.2) is 0 Å². The molecule has 0 aliphatic carbocycles. The second kappa shape index (κ2) is 8.17. The van der Waals surface area contributed by atoms with Crippen molar-refractivity contribution >= 4 is 11.6 Å². The van der Waals surface area contributed by atoms with Crippen LogP contribution in [0.5, 0.6) is 5.75 Å². The van der Waals surface area contributed by atoms with Crippen LogP contribution < -0.4 is 10.1 Å². The topological polar surface area (TPSA) is 47.6 Å². The Balaban J connectivity index is 1.54. The zero-order chi connectivity index (χ0) is 17.5. The standard InChI is InChI=1S/C21H25NO3/c1-21(14-8-16-25-21)20(23)22-18-12-5-6-13-19(18)24-15-7-11-17-9-3-2-4-10-17/h2-6,9-10,12-13H,7-8,11,14-16H2,1H3,(H,22,23). The second-order valence-corrected chi connectivity index (χ2v) is 6.57. The van der Waals surface area contributed by atoms with Crippen LogP contribution in [-0.2, 0) is 16.0 Å². The van der Waals surface area contributed by atoms with Crippen molar-refractivity contribution in [3.05, 3.63) is 60.2 Å². The lowest BCUT2D eigenvalue weighted by atomic mass is 10.0. The van der Waals surface area contributed by atoms with Gasteiger partial charge in [0.2, 0.25) is 0 Å². The summed E-state index contributed by atoms with van der Waals surface area (Å²) < 4.78 is 11.5. The van der Waals surface area contributed by atoms with Crippen molar-refractivity contribution in [3.8, 4) is 5.75 Å². The van der Waals surface area contributed by atoms with Crippen LogP contribution in [0.15, 0.2) is 54.6 Å². The fraction of sp³-hybridized carbons (Fsp3) is 0.381. The van der Waals surface area contributed by atoms with E-state index in [1.165, 1.54) is 5.56 Å². The summed E-state index contributed by atoms with van der Waals surface area (Å²) in [5, 5.41) is 2.96. The number of carbonyl (C=O) groups is 1. The Bertz CT molecular complexity index is 693. The van der Waals surface area contributed by atoms with E-state index in [0.717, 1.165) is 25.7 Å². The van der Waals surface area contributed by atoms with Gasteiger partial charge in [0.1, 0.15) is 11.4 Å². The number of benzene rings is 2. The highest BCUT2D eigenvalue weighted by Crippen LogP contribution is 2.29. The molecule has 2 aromatic carbocycles. The summed E-state index contributed by atoms with van der Waals surface area (Å²) in [5.41, 5.74) is 1.27. The van der Waals surface area contributed by atoms with Gasteiger partial charge >= 0.3 is 0 Å². The monoisotopic (exact) mass is 339 g/mol. The summed E-state index contributed by atoms with van der Waals surface area (Å²) in [5.74, 6) is 0.593. The van der Waals surface area contributed by atoms with Gasteiger partial charge in [-0.2, -0.15) is 0 Å². The molecule has 3 rings (SSSR count). The van der Waals surface area contributed by atoms with E-state index in [2.05, 4.69) is 17.4 Å². The maximum Gasteiger partial charge on any atom is 0.256 e. The number of amides is 1. The Hall–Kier alpha value is -2.33. The van der Waals surface area contributed by atoms with E-state index in [1.807, 2.05) is 49.4 Å². The zero-order valence-corrected chi connectivity index (χ0v) is 14.7. The van der Waals surface area contributed by atoms with Crippen LogP contribution in [0.25, 0.3) is 0 Å². The van der Waals surface area contributed by atoms with Crippen molar-refractivity contribution in [1.82, 2.24) is 0 Å². The predicted molar refractivity (Wildman–Crippen MR) is 98.9 cm³/mol. The van der Waals surface area contributed by atoms with E-state index >= 15 is 0 Å². The third-order valence-electron chi connectivity index (χ3n) is 4.54. The summed E-state index contributed by atoms with van der Waals surface area (Å²) in [6, 6.07) is 17.9. The molecule has 1 aliphatic heterocycles. The summed E-state index contributed by atoms with van der Waals surface area (Å²) in [7, 11) is 0. The van der Waals surface area contributed by atoms with Crippen LogP contribution in [0, 0.1) is 0 Å². The average Bonchev–Trinajstić information content (AvgIpc) is 3.09. The highest BCUT2D eigenvalue weighted by Gasteiger charge is 2.37. The van der Waals surface area contributed by atoms with Gasteiger partial charge in [-0.05, 0) is 50.3 Å². The van der Waals surface area contributed by atoms with Crippen LogP contribution in [0.1, 0.15) is 31.7 Å². The number of ether oxygens (including phenoxy) is 2. The predicted octanol–water partition coefficient (Wildman–Crippen LogP) is 4.21. The molecule has 0 bridgehead atoms. The fourth-order valence-electron chi connectivity index (χ4n) is 3.01. The van der Waals surface area contributed by atoms with Crippen molar-refractivity contribution < 1.29 is 14.3 Å².